The molecule has 4 heteroatoms. The lowest BCUT2D eigenvalue weighted by atomic mass is 9.81. The number of carbonyl (C=O) groups is 1. The third-order valence-electron chi connectivity index (χ3n) is 4.69. The molecule has 1 aliphatic heterocycles. The molecule has 1 heterocycles. The number of ether oxygens (including phenoxy) is 1. The number of aliphatic hydroxyl groups is 1. The zero-order chi connectivity index (χ0) is 14.7. The van der Waals surface area contributed by atoms with E-state index in [1.165, 1.54) is 0 Å². The molecule has 1 aromatic rings. The number of hydrogen-bond acceptors (Lipinski definition) is 3. The van der Waals surface area contributed by atoms with E-state index in [1.807, 2.05) is 30.3 Å². The minimum absolute atomic E-state index is 0.0658. The third-order valence-corrected chi connectivity index (χ3v) is 4.69. The molecule has 4 nitrogen and oxygen atoms in total. The van der Waals surface area contributed by atoms with Gasteiger partial charge in [-0.25, -0.2) is 0 Å². The van der Waals surface area contributed by atoms with Gasteiger partial charge in [-0.3, -0.25) is 4.79 Å². The molecule has 1 saturated heterocycles. The molecular weight excluding hydrogens is 266 g/mol. The highest BCUT2D eigenvalue weighted by molar-refractivity contribution is 5.77. The van der Waals surface area contributed by atoms with Crippen molar-refractivity contribution in [3.63, 3.8) is 0 Å². The van der Waals surface area contributed by atoms with Crippen molar-refractivity contribution in [3.05, 3.63) is 35.9 Å². The zero-order valence-electron chi connectivity index (χ0n) is 12.2. The lowest BCUT2D eigenvalue weighted by Gasteiger charge is -2.33. The summed E-state index contributed by atoms with van der Waals surface area (Å²) in [6, 6.07) is 9.55. The highest BCUT2D eigenvalue weighted by Gasteiger charge is 2.38. The van der Waals surface area contributed by atoms with Crippen molar-refractivity contribution in [2.75, 3.05) is 6.61 Å². The number of nitrogens with one attached hydrogen (secondary N) is 1. The average Bonchev–Trinajstić information content (AvgIpc) is 2.97. The number of amides is 1. The van der Waals surface area contributed by atoms with E-state index in [-0.39, 0.29) is 18.4 Å². The normalized spacial score (nSPS) is 29.7. The maximum Gasteiger partial charge on any atom is 0.223 e. The molecular formula is C17H23NO3. The Bertz CT molecular complexity index is 476. The summed E-state index contributed by atoms with van der Waals surface area (Å²) in [5, 5.41) is 13.2. The van der Waals surface area contributed by atoms with Gasteiger partial charge in [-0.1, -0.05) is 30.3 Å². The topological polar surface area (TPSA) is 58.6 Å². The van der Waals surface area contributed by atoms with E-state index in [4.69, 9.17) is 4.74 Å². The highest BCUT2D eigenvalue weighted by Crippen LogP contribution is 2.34. The molecule has 21 heavy (non-hydrogen) atoms. The second-order valence-electron chi connectivity index (χ2n) is 6.10. The van der Waals surface area contributed by atoms with E-state index in [0.717, 1.165) is 37.9 Å². The van der Waals surface area contributed by atoms with E-state index >= 15 is 0 Å². The van der Waals surface area contributed by atoms with Gasteiger partial charge in [-0.2, -0.15) is 0 Å². The van der Waals surface area contributed by atoms with Crippen molar-refractivity contribution in [2.45, 2.75) is 50.4 Å². The number of hydrogen-bond donors (Lipinski definition) is 2. The molecule has 3 rings (SSSR count). The van der Waals surface area contributed by atoms with Crippen LogP contribution in [0.15, 0.2) is 30.3 Å². The molecule has 0 radical (unpaired) electrons. The van der Waals surface area contributed by atoms with E-state index in [9.17, 15) is 9.90 Å². The predicted octanol–water partition coefficient (Wildman–Crippen LogP) is 2.18. The first-order valence-electron chi connectivity index (χ1n) is 7.88. The molecule has 2 N–H and O–H groups in total. The van der Waals surface area contributed by atoms with Gasteiger partial charge in [0.2, 0.25) is 5.91 Å². The summed E-state index contributed by atoms with van der Waals surface area (Å²) < 4.78 is 5.72. The predicted molar refractivity (Wildman–Crippen MR) is 79.6 cm³/mol. The fourth-order valence-corrected chi connectivity index (χ4v) is 3.59. The van der Waals surface area contributed by atoms with Gasteiger partial charge in [0, 0.05) is 18.6 Å². The molecule has 1 amide bonds. The molecule has 1 aromatic carbocycles. The molecule has 1 saturated carbocycles. The first-order chi connectivity index (χ1) is 10.2. The van der Waals surface area contributed by atoms with Crippen LogP contribution in [0.5, 0.6) is 0 Å². The number of aliphatic hydroxyl groups excluding tert-OH is 1. The van der Waals surface area contributed by atoms with Gasteiger partial charge in [0.05, 0.1) is 18.6 Å². The van der Waals surface area contributed by atoms with Gasteiger partial charge in [0.25, 0.3) is 0 Å². The van der Waals surface area contributed by atoms with Crippen LogP contribution in [-0.4, -0.2) is 29.8 Å². The summed E-state index contributed by atoms with van der Waals surface area (Å²) in [5.41, 5.74) is 0.790. The quantitative estimate of drug-likeness (QED) is 0.893. The Hall–Kier alpha value is -1.39. The fourth-order valence-electron chi connectivity index (χ4n) is 3.59. The number of rotatable bonds is 4. The number of carbonyl (C=O) groups excluding carboxylic acids is 1. The second kappa shape index (κ2) is 6.58. The van der Waals surface area contributed by atoms with Crippen LogP contribution in [0, 0.1) is 5.92 Å². The molecule has 114 valence electrons. The lowest BCUT2D eigenvalue weighted by molar-refractivity contribution is -0.124. The molecule has 2 fully saturated rings. The lowest BCUT2D eigenvalue weighted by Crippen LogP contribution is -2.46. The Morgan fingerprint density at radius 1 is 1.29 bits per heavy atom. The number of fused-ring (bicyclic) bond motifs is 1. The van der Waals surface area contributed by atoms with Crippen LogP contribution in [0.3, 0.4) is 0 Å². The smallest absolute Gasteiger partial charge is 0.223 e. The summed E-state index contributed by atoms with van der Waals surface area (Å²) in [6.07, 6.45) is 4.00. The van der Waals surface area contributed by atoms with Gasteiger partial charge in [-0.05, 0) is 31.2 Å². The summed E-state index contributed by atoms with van der Waals surface area (Å²) in [5.74, 6) is 0.389. The fraction of sp³-hybridized carbons (Fsp3) is 0.588. The van der Waals surface area contributed by atoms with Crippen LogP contribution < -0.4 is 5.32 Å². The maximum absolute atomic E-state index is 12.2. The monoisotopic (exact) mass is 289 g/mol. The standard InChI is InChI=1S/C17H23NO3/c19-15(12-5-2-1-3-6-12)11-17(20)18-14-7-4-8-16-13(14)9-10-21-16/h1-3,5-6,13-16,19H,4,7-11H2,(H,18,20). The van der Waals surface area contributed by atoms with Crippen LogP contribution in [0.1, 0.15) is 43.8 Å². The SMILES string of the molecule is O=C(CC(O)c1ccccc1)NC1CCCC2OCCC12. The molecule has 2 aliphatic rings. The Balaban J connectivity index is 1.54. The van der Waals surface area contributed by atoms with Crippen LogP contribution in [0.2, 0.25) is 0 Å². The van der Waals surface area contributed by atoms with Crippen molar-refractivity contribution in [3.8, 4) is 0 Å². The summed E-state index contributed by atoms with van der Waals surface area (Å²) in [7, 11) is 0. The largest absolute Gasteiger partial charge is 0.388 e. The van der Waals surface area contributed by atoms with E-state index in [2.05, 4.69) is 5.32 Å². The van der Waals surface area contributed by atoms with E-state index < -0.39 is 6.10 Å². The van der Waals surface area contributed by atoms with Crippen molar-refractivity contribution >= 4 is 5.91 Å². The first-order valence-corrected chi connectivity index (χ1v) is 7.88. The third kappa shape index (κ3) is 3.44. The minimum atomic E-state index is -0.731. The van der Waals surface area contributed by atoms with Crippen LogP contribution in [-0.2, 0) is 9.53 Å². The van der Waals surface area contributed by atoms with E-state index in [0.29, 0.717) is 12.0 Å². The van der Waals surface area contributed by atoms with Gasteiger partial charge >= 0.3 is 0 Å². The molecule has 0 bridgehead atoms. The van der Waals surface area contributed by atoms with Gasteiger partial charge in [-0.15, -0.1) is 0 Å². The van der Waals surface area contributed by atoms with Gasteiger partial charge in [0.1, 0.15) is 0 Å². The van der Waals surface area contributed by atoms with Crippen LogP contribution in [0.4, 0.5) is 0 Å². The van der Waals surface area contributed by atoms with Gasteiger partial charge in [0.15, 0.2) is 0 Å². The maximum atomic E-state index is 12.2. The highest BCUT2D eigenvalue weighted by atomic mass is 16.5. The average molecular weight is 289 g/mol. The Morgan fingerprint density at radius 3 is 2.90 bits per heavy atom. The second-order valence-corrected chi connectivity index (χ2v) is 6.10. The Kier molecular flexibility index (Phi) is 4.56. The van der Waals surface area contributed by atoms with E-state index in [1.54, 1.807) is 0 Å². The first kappa shape index (κ1) is 14.5. The Morgan fingerprint density at radius 2 is 2.10 bits per heavy atom. The van der Waals surface area contributed by atoms with Crippen molar-refractivity contribution in [1.82, 2.24) is 5.32 Å². The van der Waals surface area contributed by atoms with Gasteiger partial charge < -0.3 is 15.2 Å². The number of benzene rings is 1. The summed E-state index contributed by atoms with van der Waals surface area (Å²) in [4.78, 5) is 12.2. The molecule has 4 unspecified atom stereocenters. The zero-order valence-corrected chi connectivity index (χ0v) is 12.2. The molecule has 0 aromatic heterocycles. The molecule has 0 spiro atoms. The van der Waals surface area contributed by atoms with Crippen molar-refractivity contribution in [2.24, 2.45) is 5.92 Å². The van der Waals surface area contributed by atoms with Crippen molar-refractivity contribution in [1.29, 1.82) is 0 Å². The summed E-state index contributed by atoms with van der Waals surface area (Å²) >= 11 is 0. The molecule has 4 atom stereocenters. The summed E-state index contributed by atoms with van der Waals surface area (Å²) in [6.45, 7) is 0.814. The molecule has 1 aliphatic carbocycles. The van der Waals surface area contributed by atoms with Crippen LogP contribution >= 0.6 is 0 Å². The Labute approximate surface area is 125 Å². The van der Waals surface area contributed by atoms with Crippen LogP contribution in [0.25, 0.3) is 0 Å². The van der Waals surface area contributed by atoms with Crippen molar-refractivity contribution < 1.29 is 14.6 Å². The minimum Gasteiger partial charge on any atom is -0.388 e.